The summed E-state index contributed by atoms with van der Waals surface area (Å²) in [6, 6.07) is 0.397. The lowest BCUT2D eigenvalue weighted by atomic mass is 10.1. The van der Waals surface area contributed by atoms with Crippen LogP contribution in [0.15, 0.2) is 5.38 Å². The third-order valence-electron chi connectivity index (χ3n) is 4.83. The minimum Gasteiger partial charge on any atom is -0.343 e. The number of hydrogen-bond acceptors (Lipinski definition) is 5. The third kappa shape index (κ3) is 3.13. The number of amides is 1. The Labute approximate surface area is 136 Å². The third-order valence-corrected chi connectivity index (χ3v) is 5.83. The molecule has 122 valence electrons. The van der Waals surface area contributed by atoms with Crippen molar-refractivity contribution in [3.63, 3.8) is 0 Å². The maximum atomic E-state index is 12.6. The Hall–Kier alpha value is -1.14. The van der Waals surface area contributed by atoms with E-state index in [1.807, 2.05) is 11.8 Å². The number of nitrogens with zero attached hydrogens (tertiary/aromatic N) is 4. The quantitative estimate of drug-likeness (QED) is 0.853. The molecule has 2 fully saturated rings. The molecule has 0 aliphatic carbocycles. The minimum absolute atomic E-state index is 0.000677. The topological polar surface area (TPSA) is 39.7 Å². The van der Waals surface area contributed by atoms with Crippen molar-refractivity contribution >= 4 is 22.4 Å². The number of anilines is 1. The van der Waals surface area contributed by atoms with E-state index in [2.05, 4.69) is 34.0 Å². The zero-order chi connectivity index (χ0) is 15.7. The molecule has 22 heavy (non-hydrogen) atoms. The number of carbonyl (C=O) groups is 1. The molecule has 2 saturated heterocycles. The molecule has 2 aliphatic heterocycles. The maximum absolute atomic E-state index is 12.6. The first-order valence-corrected chi connectivity index (χ1v) is 9.16. The molecule has 3 rings (SSSR count). The first-order valence-electron chi connectivity index (χ1n) is 8.28. The van der Waals surface area contributed by atoms with E-state index >= 15 is 0 Å². The van der Waals surface area contributed by atoms with Crippen LogP contribution in [0.25, 0.3) is 0 Å². The summed E-state index contributed by atoms with van der Waals surface area (Å²) in [6.07, 6.45) is 2.32. The van der Waals surface area contributed by atoms with Gasteiger partial charge in [-0.3, -0.25) is 9.69 Å². The van der Waals surface area contributed by atoms with Gasteiger partial charge in [0, 0.05) is 44.1 Å². The van der Waals surface area contributed by atoms with Crippen LogP contribution in [0.2, 0.25) is 0 Å². The summed E-state index contributed by atoms with van der Waals surface area (Å²) in [5.41, 5.74) is 1.09. The van der Waals surface area contributed by atoms with Gasteiger partial charge >= 0.3 is 0 Å². The second-order valence-corrected chi connectivity index (χ2v) is 7.35. The summed E-state index contributed by atoms with van der Waals surface area (Å²) < 4.78 is 0. The summed E-state index contributed by atoms with van der Waals surface area (Å²) >= 11 is 1.72. The van der Waals surface area contributed by atoms with Gasteiger partial charge in [-0.15, -0.1) is 11.3 Å². The zero-order valence-electron chi connectivity index (χ0n) is 13.8. The summed E-state index contributed by atoms with van der Waals surface area (Å²) in [7, 11) is 0. The van der Waals surface area contributed by atoms with Crippen molar-refractivity contribution in [2.75, 3.05) is 37.6 Å². The number of piperazine rings is 1. The molecule has 3 heterocycles. The average molecular weight is 322 g/mol. The summed E-state index contributed by atoms with van der Waals surface area (Å²) in [6.45, 7) is 11.0. The lowest BCUT2D eigenvalue weighted by molar-refractivity contribution is -0.135. The first kappa shape index (κ1) is 15.7. The van der Waals surface area contributed by atoms with Crippen molar-refractivity contribution in [1.29, 1.82) is 0 Å². The second-order valence-electron chi connectivity index (χ2n) is 6.52. The zero-order valence-corrected chi connectivity index (χ0v) is 14.6. The van der Waals surface area contributed by atoms with Gasteiger partial charge in [-0.05, 0) is 33.6 Å². The molecular formula is C16H26N4OS. The number of rotatable bonds is 3. The standard InChI is InChI=1S/C16H26N4OS/c1-12-11-22-16(17-12)20-9-8-19(10-13(20)2)14(3)15(21)18-6-4-5-7-18/h11,13-14H,4-10H2,1-3H3/t13-,14-/m1/s1. The van der Waals surface area contributed by atoms with Gasteiger partial charge in [-0.1, -0.05) is 0 Å². The molecule has 0 N–H and O–H groups in total. The number of aryl methyl sites for hydroxylation is 1. The fraction of sp³-hybridized carbons (Fsp3) is 0.750. The molecule has 0 radical (unpaired) electrons. The normalized spacial score (nSPS) is 24.8. The number of hydrogen-bond donors (Lipinski definition) is 0. The molecule has 2 atom stereocenters. The van der Waals surface area contributed by atoms with Gasteiger partial charge in [0.05, 0.1) is 11.7 Å². The Balaban J connectivity index is 1.60. The Morgan fingerprint density at radius 1 is 1.32 bits per heavy atom. The van der Waals surface area contributed by atoms with Crippen molar-refractivity contribution in [3.05, 3.63) is 11.1 Å². The van der Waals surface area contributed by atoms with E-state index in [9.17, 15) is 4.79 Å². The van der Waals surface area contributed by atoms with E-state index < -0.39 is 0 Å². The van der Waals surface area contributed by atoms with Gasteiger partial charge in [-0.25, -0.2) is 4.98 Å². The van der Waals surface area contributed by atoms with E-state index in [4.69, 9.17) is 0 Å². The van der Waals surface area contributed by atoms with Crippen molar-refractivity contribution in [3.8, 4) is 0 Å². The van der Waals surface area contributed by atoms with Gasteiger partial charge in [-0.2, -0.15) is 0 Å². The SMILES string of the molecule is Cc1csc(N2CCN([C@H](C)C(=O)N3CCCC3)C[C@H]2C)n1. The van der Waals surface area contributed by atoms with Crippen LogP contribution in [-0.4, -0.2) is 65.5 Å². The predicted octanol–water partition coefficient (Wildman–Crippen LogP) is 1.97. The molecular weight excluding hydrogens is 296 g/mol. The fourth-order valence-corrected chi connectivity index (χ4v) is 4.39. The summed E-state index contributed by atoms with van der Waals surface area (Å²) in [5, 5.41) is 3.22. The molecule has 1 amide bonds. The largest absolute Gasteiger partial charge is 0.343 e. The van der Waals surface area contributed by atoms with Crippen molar-refractivity contribution < 1.29 is 4.79 Å². The van der Waals surface area contributed by atoms with Gasteiger partial charge in [0.1, 0.15) is 0 Å². The van der Waals surface area contributed by atoms with Crippen molar-refractivity contribution in [2.45, 2.75) is 45.7 Å². The lowest BCUT2D eigenvalue weighted by Gasteiger charge is -2.42. The minimum atomic E-state index is 0.000677. The Morgan fingerprint density at radius 2 is 2.05 bits per heavy atom. The molecule has 0 bridgehead atoms. The van der Waals surface area contributed by atoms with Gasteiger partial charge in [0.25, 0.3) is 0 Å². The van der Waals surface area contributed by atoms with Gasteiger partial charge < -0.3 is 9.80 Å². The highest BCUT2D eigenvalue weighted by atomic mass is 32.1. The van der Waals surface area contributed by atoms with Gasteiger partial charge in [0.15, 0.2) is 5.13 Å². The van der Waals surface area contributed by atoms with Crippen LogP contribution in [0, 0.1) is 6.92 Å². The van der Waals surface area contributed by atoms with Gasteiger partial charge in [0.2, 0.25) is 5.91 Å². The molecule has 0 saturated carbocycles. The smallest absolute Gasteiger partial charge is 0.239 e. The fourth-order valence-electron chi connectivity index (χ4n) is 3.45. The van der Waals surface area contributed by atoms with Crippen LogP contribution in [-0.2, 0) is 4.79 Å². The van der Waals surface area contributed by atoms with E-state index in [1.54, 1.807) is 11.3 Å². The average Bonchev–Trinajstić information content (AvgIpc) is 3.17. The van der Waals surface area contributed by atoms with Crippen molar-refractivity contribution in [1.82, 2.24) is 14.8 Å². The van der Waals surface area contributed by atoms with Crippen LogP contribution in [0.1, 0.15) is 32.4 Å². The number of likely N-dealkylation sites (tertiary alicyclic amines) is 1. The molecule has 2 aliphatic rings. The lowest BCUT2D eigenvalue weighted by Crippen LogP contribution is -2.57. The number of carbonyl (C=O) groups excluding carboxylic acids is 1. The second kappa shape index (κ2) is 6.54. The van der Waals surface area contributed by atoms with Crippen LogP contribution in [0.3, 0.4) is 0 Å². The van der Waals surface area contributed by atoms with Crippen LogP contribution in [0.5, 0.6) is 0 Å². The highest BCUT2D eigenvalue weighted by molar-refractivity contribution is 7.13. The van der Waals surface area contributed by atoms with E-state index in [-0.39, 0.29) is 6.04 Å². The van der Waals surface area contributed by atoms with Crippen molar-refractivity contribution in [2.24, 2.45) is 0 Å². The Bertz CT molecular complexity index is 526. The maximum Gasteiger partial charge on any atom is 0.239 e. The molecule has 0 unspecified atom stereocenters. The molecule has 0 aromatic carbocycles. The number of aromatic nitrogens is 1. The Morgan fingerprint density at radius 3 is 2.64 bits per heavy atom. The molecule has 6 heteroatoms. The first-order chi connectivity index (χ1) is 10.6. The summed E-state index contributed by atoms with van der Waals surface area (Å²) in [4.78, 5) is 23.9. The molecule has 1 aromatic heterocycles. The van der Waals surface area contributed by atoms with E-state index in [0.717, 1.165) is 56.4 Å². The monoisotopic (exact) mass is 322 g/mol. The van der Waals surface area contributed by atoms with E-state index in [0.29, 0.717) is 11.9 Å². The highest BCUT2D eigenvalue weighted by Gasteiger charge is 2.33. The highest BCUT2D eigenvalue weighted by Crippen LogP contribution is 2.25. The molecule has 5 nitrogen and oxygen atoms in total. The Kier molecular flexibility index (Phi) is 4.68. The molecule has 1 aromatic rings. The van der Waals surface area contributed by atoms with Crippen LogP contribution < -0.4 is 4.90 Å². The molecule has 0 spiro atoms. The predicted molar refractivity (Wildman–Crippen MR) is 90.5 cm³/mol. The van der Waals surface area contributed by atoms with E-state index in [1.165, 1.54) is 0 Å². The number of thiazole rings is 1. The summed E-state index contributed by atoms with van der Waals surface area (Å²) in [5.74, 6) is 0.309. The van der Waals surface area contributed by atoms with Crippen LogP contribution >= 0.6 is 11.3 Å². The van der Waals surface area contributed by atoms with Crippen LogP contribution in [0.4, 0.5) is 5.13 Å².